The highest BCUT2D eigenvalue weighted by molar-refractivity contribution is 5.73. The molecule has 2 rings (SSSR count). The van der Waals surface area contributed by atoms with E-state index in [0.717, 1.165) is 0 Å². The average molecular weight is 311 g/mol. The lowest BCUT2D eigenvalue weighted by molar-refractivity contribution is -0.129. The number of carbonyl (C=O) groups is 1. The molecule has 0 aromatic heterocycles. The number of piperazine rings is 1. The summed E-state index contributed by atoms with van der Waals surface area (Å²) in [5.74, 6) is -0.304. The van der Waals surface area contributed by atoms with Gasteiger partial charge in [-0.2, -0.15) is 0 Å². The summed E-state index contributed by atoms with van der Waals surface area (Å²) in [7, 11) is 0. The normalized spacial score (nSPS) is 16.5. The number of hydrogen-bond acceptors (Lipinski definition) is 5. The Morgan fingerprint density at radius 2 is 2.05 bits per heavy atom. The topological polar surface area (TPSA) is 76.0 Å². The van der Waals surface area contributed by atoms with E-state index in [-0.39, 0.29) is 24.9 Å². The smallest absolute Gasteiger partial charge is 0.219 e. The van der Waals surface area contributed by atoms with Gasteiger partial charge in [0.15, 0.2) is 0 Å². The molecule has 1 fully saturated rings. The van der Waals surface area contributed by atoms with Crippen LogP contribution in [0.2, 0.25) is 0 Å². The molecule has 3 N–H and O–H groups in total. The number of anilines is 2. The summed E-state index contributed by atoms with van der Waals surface area (Å²) in [4.78, 5) is 15.0. The fourth-order valence-electron chi connectivity index (χ4n) is 2.44. The summed E-state index contributed by atoms with van der Waals surface area (Å²) >= 11 is 0. The van der Waals surface area contributed by atoms with Crippen molar-refractivity contribution in [2.24, 2.45) is 0 Å². The molecule has 1 amide bonds. The van der Waals surface area contributed by atoms with Crippen molar-refractivity contribution < 1.29 is 19.4 Å². The van der Waals surface area contributed by atoms with Crippen molar-refractivity contribution in [3.05, 3.63) is 24.0 Å². The van der Waals surface area contributed by atoms with E-state index in [1.165, 1.54) is 13.0 Å². The van der Waals surface area contributed by atoms with Crippen LogP contribution < -0.4 is 10.2 Å². The Morgan fingerprint density at radius 1 is 1.36 bits per heavy atom. The number of benzene rings is 1. The predicted octanol–water partition coefficient (Wildman–Crippen LogP) is 0.259. The largest absolute Gasteiger partial charge is 0.394 e. The Balaban J connectivity index is 1.97. The van der Waals surface area contributed by atoms with Crippen LogP contribution in [0.5, 0.6) is 0 Å². The Kier molecular flexibility index (Phi) is 5.57. The molecule has 0 radical (unpaired) electrons. The predicted molar refractivity (Wildman–Crippen MR) is 82.4 cm³/mol. The molecule has 1 saturated heterocycles. The second kappa shape index (κ2) is 7.42. The van der Waals surface area contributed by atoms with Gasteiger partial charge in [0.2, 0.25) is 5.91 Å². The van der Waals surface area contributed by atoms with Gasteiger partial charge in [0, 0.05) is 45.3 Å². The first kappa shape index (κ1) is 16.5. The lowest BCUT2D eigenvalue weighted by Crippen LogP contribution is -2.48. The molecule has 0 spiro atoms. The summed E-state index contributed by atoms with van der Waals surface area (Å²) in [6.45, 7) is 3.76. The lowest BCUT2D eigenvalue weighted by Gasteiger charge is -2.35. The molecular weight excluding hydrogens is 289 g/mol. The molecule has 1 heterocycles. The monoisotopic (exact) mass is 311 g/mol. The third-order valence-corrected chi connectivity index (χ3v) is 3.77. The van der Waals surface area contributed by atoms with Crippen LogP contribution >= 0.6 is 0 Å². The van der Waals surface area contributed by atoms with Gasteiger partial charge < -0.3 is 25.3 Å². The minimum atomic E-state index is -0.873. The number of nitrogens with one attached hydrogen (secondary N) is 1. The molecule has 1 aliphatic heterocycles. The minimum Gasteiger partial charge on any atom is -0.394 e. The molecule has 0 unspecified atom stereocenters. The standard InChI is InChI=1S/C15H22FN3O3/c1-11(21)18-4-6-19(7-5-18)15-3-2-12(8-14(15)16)17-9-13(22)10-20/h2-3,8,13,17,20,22H,4-7,9-10H2,1H3/t13-/m1/s1. The van der Waals surface area contributed by atoms with Crippen LogP contribution in [0.15, 0.2) is 18.2 Å². The van der Waals surface area contributed by atoms with Crippen molar-refractivity contribution >= 4 is 17.3 Å². The third-order valence-electron chi connectivity index (χ3n) is 3.77. The fourth-order valence-corrected chi connectivity index (χ4v) is 2.44. The molecule has 1 aromatic carbocycles. The molecule has 22 heavy (non-hydrogen) atoms. The maximum Gasteiger partial charge on any atom is 0.219 e. The zero-order valence-electron chi connectivity index (χ0n) is 12.6. The SMILES string of the molecule is CC(=O)N1CCN(c2ccc(NC[C@@H](O)CO)cc2F)CC1. The van der Waals surface area contributed by atoms with Crippen molar-refractivity contribution in [3.63, 3.8) is 0 Å². The maximum atomic E-state index is 14.2. The van der Waals surface area contributed by atoms with Crippen LogP contribution in [-0.2, 0) is 4.79 Å². The molecule has 7 heteroatoms. The van der Waals surface area contributed by atoms with Gasteiger partial charge in [0.25, 0.3) is 0 Å². The molecule has 0 bridgehead atoms. The van der Waals surface area contributed by atoms with Gasteiger partial charge in [-0.15, -0.1) is 0 Å². The van der Waals surface area contributed by atoms with Crippen LogP contribution in [0.4, 0.5) is 15.8 Å². The lowest BCUT2D eigenvalue weighted by atomic mass is 10.2. The van der Waals surface area contributed by atoms with Gasteiger partial charge >= 0.3 is 0 Å². The molecule has 0 aliphatic carbocycles. The van der Waals surface area contributed by atoms with E-state index in [1.54, 1.807) is 17.0 Å². The summed E-state index contributed by atoms with van der Waals surface area (Å²) in [5, 5.41) is 20.9. The van der Waals surface area contributed by atoms with Crippen molar-refractivity contribution in [1.29, 1.82) is 0 Å². The highest BCUT2D eigenvalue weighted by Crippen LogP contribution is 2.24. The first-order valence-electron chi connectivity index (χ1n) is 7.34. The van der Waals surface area contributed by atoms with Gasteiger partial charge in [-0.25, -0.2) is 4.39 Å². The number of nitrogens with zero attached hydrogens (tertiary/aromatic N) is 2. The summed E-state index contributed by atoms with van der Waals surface area (Å²) in [6.07, 6.45) is -0.873. The van der Waals surface area contributed by atoms with Crippen molar-refractivity contribution in [1.82, 2.24) is 4.90 Å². The number of amides is 1. The highest BCUT2D eigenvalue weighted by Gasteiger charge is 2.20. The van der Waals surface area contributed by atoms with E-state index >= 15 is 0 Å². The Hall–Kier alpha value is -1.86. The molecule has 122 valence electrons. The summed E-state index contributed by atoms with van der Waals surface area (Å²) < 4.78 is 14.2. The molecular formula is C15H22FN3O3. The van der Waals surface area contributed by atoms with E-state index in [4.69, 9.17) is 5.11 Å². The molecule has 0 saturated carbocycles. The second-order valence-corrected chi connectivity index (χ2v) is 5.38. The van der Waals surface area contributed by atoms with E-state index in [2.05, 4.69) is 5.32 Å². The maximum absolute atomic E-state index is 14.2. The zero-order valence-corrected chi connectivity index (χ0v) is 12.6. The fraction of sp³-hybridized carbons (Fsp3) is 0.533. The highest BCUT2D eigenvalue weighted by atomic mass is 19.1. The quantitative estimate of drug-likeness (QED) is 0.727. The van der Waals surface area contributed by atoms with Gasteiger partial charge in [0.05, 0.1) is 18.4 Å². The molecule has 1 aromatic rings. The van der Waals surface area contributed by atoms with Crippen LogP contribution in [0.25, 0.3) is 0 Å². The molecule has 1 aliphatic rings. The zero-order chi connectivity index (χ0) is 16.1. The van der Waals surface area contributed by atoms with Crippen molar-refractivity contribution in [3.8, 4) is 0 Å². The molecule has 1 atom stereocenters. The van der Waals surface area contributed by atoms with Crippen molar-refractivity contribution in [2.75, 3.05) is 49.5 Å². The van der Waals surface area contributed by atoms with Crippen LogP contribution in [-0.4, -0.2) is 66.5 Å². The van der Waals surface area contributed by atoms with Crippen LogP contribution in [0, 0.1) is 5.82 Å². The first-order valence-corrected chi connectivity index (χ1v) is 7.34. The number of aliphatic hydroxyl groups is 2. The number of carbonyl (C=O) groups excluding carboxylic acids is 1. The molecule has 6 nitrogen and oxygen atoms in total. The average Bonchev–Trinajstić information content (AvgIpc) is 2.52. The van der Waals surface area contributed by atoms with E-state index in [0.29, 0.717) is 37.6 Å². The minimum absolute atomic E-state index is 0.0436. The Bertz CT molecular complexity index is 519. The Labute approximate surface area is 129 Å². The van der Waals surface area contributed by atoms with Gasteiger partial charge in [0.1, 0.15) is 5.82 Å². The number of hydrogen-bond donors (Lipinski definition) is 3. The first-order chi connectivity index (χ1) is 10.5. The van der Waals surface area contributed by atoms with E-state index < -0.39 is 6.10 Å². The van der Waals surface area contributed by atoms with Crippen molar-refractivity contribution in [2.45, 2.75) is 13.0 Å². The third kappa shape index (κ3) is 4.08. The summed E-state index contributed by atoms with van der Waals surface area (Å²) in [5.41, 5.74) is 1.06. The number of halogens is 1. The van der Waals surface area contributed by atoms with Crippen LogP contribution in [0.1, 0.15) is 6.92 Å². The van der Waals surface area contributed by atoms with E-state index in [1.807, 2.05) is 4.90 Å². The van der Waals surface area contributed by atoms with Gasteiger partial charge in [-0.3, -0.25) is 4.79 Å². The summed E-state index contributed by atoms with van der Waals surface area (Å²) in [6, 6.07) is 4.79. The second-order valence-electron chi connectivity index (χ2n) is 5.38. The number of aliphatic hydroxyl groups excluding tert-OH is 2. The Morgan fingerprint density at radius 3 is 2.59 bits per heavy atom. The number of rotatable bonds is 5. The van der Waals surface area contributed by atoms with Gasteiger partial charge in [-0.05, 0) is 18.2 Å². The van der Waals surface area contributed by atoms with Crippen LogP contribution in [0.3, 0.4) is 0 Å². The van der Waals surface area contributed by atoms with Gasteiger partial charge in [-0.1, -0.05) is 0 Å². The van der Waals surface area contributed by atoms with E-state index in [9.17, 15) is 14.3 Å².